The van der Waals surface area contributed by atoms with Crippen LogP contribution >= 0.6 is 11.3 Å². The molecule has 104 valence electrons. The third-order valence-corrected chi connectivity index (χ3v) is 3.38. The van der Waals surface area contributed by atoms with Gasteiger partial charge in [0.15, 0.2) is 0 Å². The summed E-state index contributed by atoms with van der Waals surface area (Å²) in [5, 5.41) is 6.70. The lowest BCUT2D eigenvalue weighted by atomic mass is 10.1. The summed E-state index contributed by atoms with van der Waals surface area (Å²) in [4.78, 5) is 0. The second-order valence-corrected chi connectivity index (χ2v) is 5.11. The number of thiophene rings is 1. The molecule has 1 heterocycles. The lowest BCUT2D eigenvalue weighted by molar-refractivity contribution is 1.72. The highest BCUT2D eigenvalue weighted by molar-refractivity contribution is 7.07. The van der Waals surface area contributed by atoms with Crippen molar-refractivity contribution < 1.29 is 0 Å². The Kier molecular flexibility index (Phi) is 6.80. The standard InChI is InChI=1S/C10H8.C6H6.C4H4S/c1-2-6-10-8-4-3-7-9(10)5-1;1-2-4-6-5-3-1;1-2-4-5-3-1/h1-8H;1-6H;1-4H. The van der Waals surface area contributed by atoms with E-state index in [1.54, 1.807) is 11.3 Å². The van der Waals surface area contributed by atoms with Gasteiger partial charge in [0, 0.05) is 0 Å². The van der Waals surface area contributed by atoms with Gasteiger partial charge in [-0.1, -0.05) is 97.1 Å². The number of rotatable bonds is 0. The van der Waals surface area contributed by atoms with Crippen molar-refractivity contribution in [2.45, 2.75) is 0 Å². The quantitative estimate of drug-likeness (QED) is 0.358. The normalized spacial score (nSPS) is 8.95. The Morgan fingerprint density at radius 2 is 0.714 bits per heavy atom. The maximum absolute atomic E-state index is 2.12. The highest BCUT2D eigenvalue weighted by atomic mass is 32.1. The van der Waals surface area contributed by atoms with E-state index in [0.29, 0.717) is 0 Å². The number of benzene rings is 3. The largest absolute Gasteiger partial charge is 0.152 e. The van der Waals surface area contributed by atoms with Crippen LogP contribution in [0.5, 0.6) is 0 Å². The van der Waals surface area contributed by atoms with Crippen molar-refractivity contribution in [2.24, 2.45) is 0 Å². The van der Waals surface area contributed by atoms with E-state index in [-0.39, 0.29) is 0 Å². The highest BCUT2D eigenvalue weighted by Gasteiger charge is 1.85. The van der Waals surface area contributed by atoms with Gasteiger partial charge in [-0.05, 0) is 21.5 Å². The molecule has 0 bridgehead atoms. The molecule has 0 aliphatic rings. The van der Waals surface area contributed by atoms with Crippen molar-refractivity contribution in [2.75, 3.05) is 0 Å². The molecule has 0 aliphatic carbocycles. The SMILES string of the molecule is c1ccc2ccccc2c1.c1ccccc1.c1ccsc1. The zero-order chi connectivity index (χ0) is 14.6. The molecular weight excluding hydrogens is 272 g/mol. The molecular formula is C20H18S. The van der Waals surface area contributed by atoms with Crippen LogP contribution < -0.4 is 0 Å². The van der Waals surface area contributed by atoms with Gasteiger partial charge in [-0.3, -0.25) is 0 Å². The van der Waals surface area contributed by atoms with Crippen LogP contribution in [0.3, 0.4) is 0 Å². The second kappa shape index (κ2) is 9.51. The fraction of sp³-hybridized carbons (Fsp3) is 0. The lowest BCUT2D eigenvalue weighted by Crippen LogP contribution is -1.67. The van der Waals surface area contributed by atoms with Gasteiger partial charge in [0.05, 0.1) is 0 Å². The molecule has 0 nitrogen and oxygen atoms in total. The maximum atomic E-state index is 2.12. The first-order valence-corrected chi connectivity index (χ1v) is 7.82. The molecule has 0 amide bonds. The van der Waals surface area contributed by atoms with Gasteiger partial charge >= 0.3 is 0 Å². The summed E-state index contributed by atoms with van der Waals surface area (Å²) >= 11 is 1.71. The molecule has 1 heteroatoms. The summed E-state index contributed by atoms with van der Waals surface area (Å²) in [6, 6.07) is 32.8. The molecule has 0 unspecified atom stereocenters. The van der Waals surface area contributed by atoms with E-state index in [2.05, 4.69) is 48.5 Å². The van der Waals surface area contributed by atoms with Gasteiger partial charge in [-0.25, -0.2) is 0 Å². The first kappa shape index (κ1) is 15.0. The highest BCUT2D eigenvalue weighted by Crippen LogP contribution is 2.11. The van der Waals surface area contributed by atoms with Crippen LogP contribution in [-0.2, 0) is 0 Å². The Morgan fingerprint density at radius 3 is 0.952 bits per heavy atom. The van der Waals surface area contributed by atoms with Gasteiger partial charge in [0.25, 0.3) is 0 Å². The Hall–Kier alpha value is -2.38. The minimum Gasteiger partial charge on any atom is -0.152 e. The van der Waals surface area contributed by atoms with Gasteiger partial charge in [-0.15, -0.1) is 0 Å². The van der Waals surface area contributed by atoms with E-state index >= 15 is 0 Å². The van der Waals surface area contributed by atoms with E-state index < -0.39 is 0 Å². The smallest absolute Gasteiger partial charge is 0.00934 e. The molecule has 21 heavy (non-hydrogen) atoms. The lowest BCUT2D eigenvalue weighted by Gasteiger charge is -1.92. The zero-order valence-corrected chi connectivity index (χ0v) is 12.6. The second-order valence-electron chi connectivity index (χ2n) is 4.29. The first-order valence-electron chi connectivity index (χ1n) is 6.88. The molecule has 0 saturated carbocycles. The first-order chi connectivity index (χ1) is 10.5. The monoisotopic (exact) mass is 290 g/mol. The molecule has 3 aromatic carbocycles. The number of hydrogen-bond donors (Lipinski definition) is 0. The summed E-state index contributed by atoms with van der Waals surface area (Å²) in [5.74, 6) is 0. The zero-order valence-electron chi connectivity index (χ0n) is 11.8. The summed E-state index contributed by atoms with van der Waals surface area (Å²) in [6.07, 6.45) is 0. The minimum atomic E-state index is 1.31. The molecule has 4 aromatic rings. The van der Waals surface area contributed by atoms with Crippen molar-refractivity contribution in [3.8, 4) is 0 Å². The van der Waals surface area contributed by atoms with Crippen molar-refractivity contribution in [3.63, 3.8) is 0 Å². The van der Waals surface area contributed by atoms with Crippen LogP contribution in [0.2, 0.25) is 0 Å². The molecule has 0 spiro atoms. The van der Waals surface area contributed by atoms with Crippen molar-refractivity contribution in [1.82, 2.24) is 0 Å². The van der Waals surface area contributed by atoms with Gasteiger partial charge in [0.1, 0.15) is 0 Å². The van der Waals surface area contributed by atoms with Crippen LogP contribution in [0, 0.1) is 0 Å². The van der Waals surface area contributed by atoms with Crippen LogP contribution in [-0.4, -0.2) is 0 Å². The number of fused-ring (bicyclic) bond motifs is 1. The Bertz CT molecular complexity index is 591. The van der Waals surface area contributed by atoms with Crippen LogP contribution in [0.25, 0.3) is 10.8 Å². The van der Waals surface area contributed by atoms with E-state index in [1.165, 1.54) is 10.8 Å². The fourth-order valence-corrected chi connectivity index (χ4v) is 2.20. The van der Waals surface area contributed by atoms with Crippen molar-refractivity contribution in [3.05, 3.63) is 108 Å². The van der Waals surface area contributed by atoms with Gasteiger partial charge < -0.3 is 0 Å². The fourth-order valence-electron chi connectivity index (χ4n) is 1.74. The van der Waals surface area contributed by atoms with E-state index in [1.807, 2.05) is 59.3 Å². The Labute approximate surface area is 130 Å². The Morgan fingerprint density at radius 1 is 0.381 bits per heavy atom. The average molecular weight is 290 g/mol. The maximum Gasteiger partial charge on any atom is -0.00934 e. The average Bonchev–Trinajstić information content (AvgIpc) is 3.17. The molecule has 0 saturated heterocycles. The molecule has 0 fully saturated rings. The molecule has 1 aromatic heterocycles. The molecule has 0 atom stereocenters. The Balaban J connectivity index is 0.000000126. The summed E-state index contributed by atoms with van der Waals surface area (Å²) < 4.78 is 0. The van der Waals surface area contributed by atoms with Crippen molar-refractivity contribution >= 4 is 22.1 Å². The van der Waals surface area contributed by atoms with Crippen LogP contribution in [0.1, 0.15) is 0 Å². The predicted octanol–water partition coefficient (Wildman–Crippen LogP) is 6.27. The predicted molar refractivity (Wildman–Crippen MR) is 94.7 cm³/mol. The summed E-state index contributed by atoms with van der Waals surface area (Å²) in [7, 11) is 0. The van der Waals surface area contributed by atoms with E-state index in [0.717, 1.165) is 0 Å². The molecule has 0 radical (unpaired) electrons. The van der Waals surface area contributed by atoms with E-state index in [9.17, 15) is 0 Å². The van der Waals surface area contributed by atoms with Crippen LogP contribution in [0.4, 0.5) is 0 Å². The van der Waals surface area contributed by atoms with E-state index in [4.69, 9.17) is 0 Å². The summed E-state index contributed by atoms with van der Waals surface area (Å²) in [5.41, 5.74) is 0. The molecule has 0 N–H and O–H groups in total. The van der Waals surface area contributed by atoms with Crippen LogP contribution in [0.15, 0.2) is 108 Å². The molecule has 4 rings (SSSR count). The summed E-state index contributed by atoms with van der Waals surface area (Å²) in [6.45, 7) is 0. The van der Waals surface area contributed by atoms with Crippen molar-refractivity contribution in [1.29, 1.82) is 0 Å². The third-order valence-electron chi connectivity index (χ3n) is 2.75. The van der Waals surface area contributed by atoms with Gasteiger partial charge in [0.2, 0.25) is 0 Å². The van der Waals surface area contributed by atoms with Gasteiger partial charge in [-0.2, -0.15) is 11.3 Å². The molecule has 0 aliphatic heterocycles. The minimum absolute atomic E-state index is 1.31. The third kappa shape index (κ3) is 6.07. The number of hydrogen-bond acceptors (Lipinski definition) is 1. The topological polar surface area (TPSA) is 0 Å².